The summed E-state index contributed by atoms with van der Waals surface area (Å²) >= 11 is 1.15. The Morgan fingerprint density at radius 1 is 1.14 bits per heavy atom. The average molecular weight is 396 g/mol. The summed E-state index contributed by atoms with van der Waals surface area (Å²) in [6.07, 6.45) is 0.973. The summed E-state index contributed by atoms with van der Waals surface area (Å²) in [5, 5.41) is 9.77. The Morgan fingerprint density at radius 3 is 2.61 bits per heavy atom. The van der Waals surface area contributed by atoms with Gasteiger partial charge in [-0.2, -0.15) is 0 Å². The third-order valence-electron chi connectivity index (χ3n) is 4.04. The summed E-state index contributed by atoms with van der Waals surface area (Å²) in [5.74, 6) is 0.130. The van der Waals surface area contributed by atoms with Crippen molar-refractivity contribution in [3.05, 3.63) is 59.7 Å². The monoisotopic (exact) mass is 396 g/mol. The van der Waals surface area contributed by atoms with Crippen LogP contribution in [0.3, 0.4) is 0 Å². The van der Waals surface area contributed by atoms with Crippen LogP contribution in [0.25, 0.3) is 11.4 Å². The number of ether oxygens (including phenoxy) is 1. The number of aromatic amines is 1. The number of nitrogens with zero attached hydrogens (tertiary/aromatic N) is 2. The molecule has 0 saturated heterocycles. The molecule has 2 amide bonds. The van der Waals surface area contributed by atoms with Crippen LogP contribution in [0.5, 0.6) is 5.75 Å². The lowest BCUT2D eigenvalue weighted by atomic mass is 10.1. The summed E-state index contributed by atoms with van der Waals surface area (Å²) in [5.41, 5.74) is 2.47. The largest absolute Gasteiger partial charge is 0.496 e. The van der Waals surface area contributed by atoms with Crippen molar-refractivity contribution < 1.29 is 14.3 Å². The minimum absolute atomic E-state index is 0.0208. The molecule has 2 aromatic carbocycles. The Bertz CT molecular complexity index is 970. The molecule has 0 spiro atoms. The van der Waals surface area contributed by atoms with Crippen LogP contribution in [-0.4, -0.2) is 39.9 Å². The van der Waals surface area contributed by atoms with Crippen molar-refractivity contribution in [2.45, 2.75) is 18.5 Å². The van der Waals surface area contributed by atoms with E-state index in [1.54, 1.807) is 24.3 Å². The van der Waals surface area contributed by atoms with E-state index >= 15 is 0 Å². The second-order valence-electron chi connectivity index (χ2n) is 5.88. The number of aryl methyl sites for hydroxylation is 1. The molecule has 0 radical (unpaired) electrons. The van der Waals surface area contributed by atoms with E-state index in [1.165, 1.54) is 12.7 Å². The van der Waals surface area contributed by atoms with Crippen molar-refractivity contribution >= 4 is 23.6 Å². The summed E-state index contributed by atoms with van der Waals surface area (Å²) in [6.45, 7) is 2.10. The Kier molecular flexibility index (Phi) is 6.44. The highest BCUT2D eigenvalue weighted by molar-refractivity contribution is 7.99. The van der Waals surface area contributed by atoms with Gasteiger partial charge in [0.05, 0.1) is 18.4 Å². The molecule has 144 valence electrons. The number of hydrogen-bond acceptors (Lipinski definition) is 6. The Hall–Kier alpha value is -3.13. The van der Waals surface area contributed by atoms with Crippen LogP contribution in [-0.2, 0) is 11.2 Å². The van der Waals surface area contributed by atoms with Gasteiger partial charge in [-0.25, -0.2) is 4.98 Å². The van der Waals surface area contributed by atoms with Gasteiger partial charge in [-0.3, -0.25) is 20.0 Å². The fourth-order valence-corrected chi connectivity index (χ4v) is 3.13. The molecule has 0 atom stereocenters. The molecule has 3 rings (SSSR count). The van der Waals surface area contributed by atoms with Crippen LogP contribution < -0.4 is 10.1 Å². The fourth-order valence-electron chi connectivity index (χ4n) is 2.53. The smallest absolute Gasteiger partial charge is 0.261 e. The number of para-hydroxylation sites is 1. The lowest BCUT2D eigenvalue weighted by Gasteiger charge is -2.07. The minimum atomic E-state index is -0.505. The molecule has 0 unspecified atom stereocenters. The molecule has 3 aromatic rings. The van der Waals surface area contributed by atoms with Gasteiger partial charge in [0.25, 0.3) is 5.91 Å². The second-order valence-corrected chi connectivity index (χ2v) is 6.83. The number of rotatable bonds is 7. The number of nitrogens with one attached hydrogen (secondary N) is 2. The molecule has 2 N–H and O–H groups in total. The normalized spacial score (nSPS) is 10.5. The molecule has 8 heteroatoms. The van der Waals surface area contributed by atoms with Gasteiger partial charge in [0.15, 0.2) is 5.82 Å². The number of hydrogen-bond donors (Lipinski definition) is 2. The third kappa shape index (κ3) is 4.77. The number of carbonyl (C=O) groups is 2. The molecular formula is C20H20N4O3S. The molecule has 1 aromatic heterocycles. The van der Waals surface area contributed by atoms with Crippen molar-refractivity contribution in [1.29, 1.82) is 0 Å². The number of imide groups is 1. The van der Waals surface area contributed by atoms with Crippen molar-refractivity contribution in [3.63, 3.8) is 0 Å². The van der Waals surface area contributed by atoms with Crippen molar-refractivity contribution in [1.82, 2.24) is 20.5 Å². The summed E-state index contributed by atoms with van der Waals surface area (Å²) in [4.78, 5) is 28.7. The maximum atomic E-state index is 12.2. The maximum absolute atomic E-state index is 12.2. The van der Waals surface area contributed by atoms with Crippen LogP contribution in [0.2, 0.25) is 0 Å². The molecule has 0 bridgehead atoms. The predicted molar refractivity (Wildman–Crippen MR) is 107 cm³/mol. The van der Waals surface area contributed by atoms with Crippen LogP contribution in [0.4, 0.5) is 0 Å². The lowest BCUT2D eigenvalue weighted by molar-refractivity contribution is -0.117. The first-order valence-corrected chi connectivity index (χ1v) is 9.71. The van der Waals surface area contributed by atoms with Gasteiger partial charge < -0.3 is 4.74 Å². The SMILES string of the molecule is CCc1ccc(-c2nc(SCC(=O)NC(=O)c3ccccc3OC)n[nH]2)cc1. The number of aromatic nitrogens is 3. The van der Waals surface area contributed by atoms with Gasteiger partial charge in [0.2, 0.25) is 11.1 Å². The summed E-state index contributed by atoms with van der Waals surface area (Å²) in [6, 6.07) is 14.8. The van der Waals surface area contributed by atoms with Gasteiger partial charge in [0.1, 0.15) is 5.75 Å². The fraction of sp³-hybridized carbons (Fsp3) is 0.200. The zero-order valence-corrected chi connectivity index (χ0v) is 16.4. The highest BCUT2D eigenvalue weighted by atomic mass is 32.2. The minimum Gasteiger partial charge on any atom is -0.496 e. The van der Waals surface area contributed by atoms with Crippen LogP contribution in [0.1, 0.15) is 22.8 Å². The first-order valence-electron chi connectivity index (χ1n) is 8.72. The summed E-state index contributed by atoms with van der Waals surface area (Å²) < 4.78 is 5.14. The van der Waals surface area contributed by atoms with Gasteiger partial charge in [-0.1, -0.05) is 55.1 Å². The Balaban J connectivity index is 1.56. The van der Waals surface area contributed by atoms with E-state index in [4.69, 9.17) is 4.74 Å². The number of H-pyrrole nitrogens is 1. The quantitative estimate of drug-likeness (QED) is 0.596. The number of amides is 2. The average Bonchev–Trinajstić information content (AvgIpc) is 3.21. The summed E-state index contributed by atoms with van der Waals surface area (Å²) in [7, 11) is 1.47. The molecular weight excluding hydrogens is 376 g/mol. The molecule has 28 heavy (non-hydrogen) atoms. The molecule has 0 fully saturated rings. The van der Waals surface area contributed by atoms with Gasteiger partial charge >= 0.3 is 0 Å². The molecule has 0 aliphatic carbocycles. The number of carbonyl (C=O) groups excluding carboxylic acids is 2. The highest BCUT2D eigenvalue weighted by Crippen LogP contribution is 2.20. The van der Waals surface area contributed by atoms with E-state index in [1.807, 2.05) is 24.3 Å². The van der Waals surface area contributed by atoms with Crippen molar-refractivity contribution in [2.24, 2.45) is 0 Å². The van der Waals surface area contributed by atoms with E-state index in [0.29, 0.717) is 22.3 Å². The topological polar surface area (TPSA) is 97.0 Å². The third-order valence-corrected chi connectivity index (χ3v) is 4.88. The van der Waals surface area contributed by atoms with Gasteiger partial charge in [-0.05, 0) is 24.1 Å². The highest BCUT2D eigenvalue weighted by Gasteiger charge is 2.15. The second kappa shape index (κ2) is 9.18. The molecule has 1 heterocycles. The molecule has 0 aliphatic heterocycles. The zero-order chi connectivity index (χ0) is 19.9. The zero-order valence-electron chi connectivity index (χ0n) is 15.6. The van der Waals surface area contributed by atoms with Gasteiger partial charge in [-0.15, -0.1) is 5.10 Å². The van der Waals surface area contributed by atoms with E-state index in [0.717, 1.165) is 23.7 Å². The van der Waals surface area contributed by atoms with Crippen LogP contribution >= 0.6 is 11.8 Å². The van der Waals surface area contributed by atoms with E-state index in [2.05, 4.69) is 27.4 Å². The van der Waals surface area contributed by atoms with Crippen molar-refractivity contribution in [2.75, 3.05) is 12.9 Å². The molecule has 0 aliphatic rings. The Morgan fingerprint density at radius 2 is 1.89 bits per heavy atom. The first kappa shape index (κ1) is 19.6. The number of thioether (sulfide) groups is 1. The lowest BCUT2D eigenvalue weighted by Crippen LogP contribution is -2.32. The standard InChI is InChI=1S/C20H20N4O3S/c1-3-13-8-10-14(11-9-13)18-22-20(24-23-18)28-12-17(25)21-19(26)15-6-4-5-7-16(15)27-2/h4-11H,3,12H2,1-2H3,(H,21,25,26)(H,22,23,24). The van der Waals surface area contributed by atoms with E-state index < -0.39 is 11.8 Å². The predicted octanol–water partition coefficient (Wildman–Crippen LogP) is 3.09. The van der Waals surface area contributed by atoms with Gasteiger partial charge in [0, 0.05) is 5.56 Å². The molecule has 0 saturated carbocycles. The van der Waals surface area contributed by atoms with Crippen molar-refractivity contribution in [3.8, 4) is 17.1 Å². The number of benzene rings is 2. The van der Waals surface area contributed by atoms with E-state index in [-0.39, 0.29) is 5.75 Å². The van der Waals surface area contributed by atoms with Crippen LogP contribution in [0, 0.1) is 0 Å². The first-order chi connectivity index (χ1) is 13.6. The maximum Gasteiger partial charge on any atom is 0.261 e. The number of methoxy groups -OCH3 is 1. The van der Waals surface area contributed by atoms with Crippen LogP contribution in [0.15, 0.2) is 53.7 Å². The Labute approximate surface area is 166 Å². The van der Waals surface area contributed by atoms with E-state index in [9.17, 15) is 9.59 Å². The molecule has 7 nitrogen and oxygen atoms in total.